The van der Waals surface area contributed by atoms with Crippen LogP contribution in [0.3, 0.4) is 0 Å². The molecular formula is C16H24N2O2. The topological polar surface area (TPSA) is 55.6 Å². The van der Waals surface area contributed by atoms with E-state index >= 15 is 0 Å². The second kappa shape index (κ2) is 6.16. The van der Waals surface area contributed by atoms with Crippen LogP contribution in [-0.2, 0) is 4.74 Å². The first-order chi connectivity index (χ1) is 9.51. The van der Waals surface area contributed by atoms with Crippen molar-refractivity contribution >= 4 is 17.3 Å². The van der Waals surface area contributed by atoms with Gasteiger partial charge in [-0.05, 0) is 43.4 Å². The van der Waals surface area contributed by atoms with Crippen LogP contribution in [0.15, 0.2) is 18.2 Å². The maximum absolute atomic E-state index is 11.7. The van der Waals surface area contributed by atoms with Crippen LogP contribution < -0.4 is 10.6 Å². The van der Waals surface area contributed by atoms with Gasteiger partial charge >= 0.3 is 5.97 Å². The van der Waals surface area contributed by atoms with E-state index in [-0.39, 0.29) is 5.97 Å². The molecule has 20 heavy (non-hydrogen) atoms. The summed E-state index contributed by atoms with van der Waals surface area (Å²) in [5, 5.41) is 0. The van der Waals surface area contributed by atoms with Crippen molar-refractivity contribution < 1.29 is 9.53 Å². The molecular weight excluding hydrogens is 252 g/mol. The highest BCUT2D eigenvalue weighted by Crippen LogP contribution is 2.30. The molecule has 0 bridgehead atoms. The van der Waals surface area contributed by atoms with Crippen molar-refractivity contribution in [1.29, 1.82) is 0 Å². The monoisotopic (exact) mass is 276 g/mol. The Labute approximate surface area is 120 Å². The molecule has 4 nitrogen and oxygen atoms in total. The number of rotatable bonds is 3. The summed E-state index contributed by atoms with van der Waals surface area (Å²) < 4.78 is 4.99. The summed E-state index contributed by atoms with van der Waals surface area (Å²) in [5.74, 6) is 1.02. The van der Waals surface area contributed by atoms with Crippen molar-refractivity contribution in [1.82, 2.24) is 0 Å². The number of hydrogen-bond acceptors (Lipinski definition) is 4. The molecule has 2 atom stereocenters. The van der Waals surface area contributed by atoms with Crippen molar-refractivity contribution in [2.75, 3.05) is 30.3 Å². The lowest BCUT2D eigenvalue weighted by Crippen LogP contribution is -2.39. The van der Waals surface area contributed by atoms with Crippen molar-refractivity contribution in [2.45, 2.75) is 27.2 Å². The van der Waals surface area contributed by atoms with Gasteiger partial charge in [0.15, 0.2) is 0 Å². The molecule has 0 spiro atoms. The summed E-state index contributed by atoms with van der Waals surface area (Å²) in [6.07, 6.45) is 1.26. The van der Waals surface area contributed by atoms with E-state index in [0.29, 0.717) is 29.7 Å². The normalized spacial score (nSPS) is 22.6. The number of carbonyl (C=O) groups excluding carboxylic acids is 1. The summed E-state index contributed by atoms with van der Waals surface area (Å²) in [6, 6.07) is 5.46. The summed E-state index contributed by atoms with van der Waals surface area (Å²) in [4.78, 5) is 14.0. The number of benzene rings is 1. The van der Waals surface area contributed by atoms with Crippen LogP contribution in [0.4, 0.5) is 11.4 Å². The highest BCUT2D eigenvalue weighted by Gasteiger charge is 2.23. The molecule has 4 heteroatoms. The maximum atomic E-state index is 11.7. The number of esters is 1. The van der Waals surface area contributed by atoms with Gasteiger partial charge in [0.05, 0.1) is 23.5 Å². The number of carbonyl (C=O) groups is 1. The number of anilines is 2. The summed E-state index contributed by atoms with van der Waals surface area (Å²) >= 11 is 0. The number of piperidine rings is 1. The minimum Gasteiger partial charge on any atom is -0.462 e. The fourth-order valence-electron chi connectivity index (χ4n) is 3.04. The molecule has 0 aromatic heterocycles. The number of nitrogens with two attached hydrogens (primary N) is 1. The largest absolute Gasteiger partial charge is 0.462 e. The molecule has 1 aliphatic heterocycles. The van der Waals surface area contributed by atoms with Crippen LogP contribution in [0.2, 0.25) is 0 Å². The van der Waals surface area contributed by atoms with Gasteiger partial charge in [-0.3, -0.25) is 0 Å². The molecule has 0 radical (unpaired) electrons. The fourth-order valence-corrected chi connectivity index (χ4v) is 3.04. The standard InChI is InChI=1S/C16H24N2O2/c1-4-20-16(19)13-5-6-15(14(17)8-13)18-9-11(2)7-12(3)10-18/h5-6,8,11-12H,4,7,9-10,17H2,1-3H3/t11-,12-/m1/s1. The number of hydrogen-bond donors (Lipinski definition) is 1. The third-order valence-electron chi connectivity index (χ3n) is 3.75. The predicted molar refractivity (Wildman–Crippen MR) is 82.0 cm³/mol. The molecule has 2 N–H and O–H groups in total. The Morgan fingerprint density at radius 3 is 2.55 bits per heavy atom. The van der Waals surface area contributed by atoms with E-state index in [1.54, 1.807) is 19.1 Å². The van der Waals surface area contributed by atoms with Crippen molar-refractivity contribution in [2.24, 2.45) is 11.8 Å². The molecule has 0 saturated carbocycles. The Morgan fingerprint density at radius 1 is 1.35 bits per heavy atom. The summed E-state index contributed by atoms with van der Waals surface area (Å²) in [7, 11) is 0. The molecule has 1 aromatic rings. The van der Waals surface area contributed by atoms with Crippen molar-refractivity contribution in [3.8, 4) is 0 Å². The van der Waals surface area contributed by atoms with Crippen LogP contribution in [0.25, 0.3) is 0 Å². The van der Waals surface area contributed by atoms with Crippen LogP contribution in [0.5, 0.6) is 0 Å². The lowest BCUT2D eigenvalue weighted by Gasteiger charge is -2.37. The molecule has 1 fully saturated rings. The minimum atomic E-state index is -0.314. The van der Waals surface area contributed by atoms with E-state index in [9.17, 15) is 4.79 Å². The summed E-state index contributed by atoms with van der Waals surface area (Å²) in [5.41, 5.74) is 8.32. The van der Waals surface area contributed by atoms with E-state index in [1.165, 1.54) is 6.42 Å². The zero-order valence-corrected chi connectivity index (χ0v) is 12.6. The Kier molecular flexibility index (Phi) is 4.53. The van der Waals surface area contributed by atoms with Gasteiger partial charge in [0.2, 0.25) is 0 Å². The van der Waals surface area contributed by atoms with Crippen molar-refractivity contribution in [3.05, 3.63) is 23.8 Å². The lowest BCUT2D eigenvalue weighted by atomic mass is 9.91. The molecule has 0 aliphatic carbocycles. The van der Waals surface area contributed by atoms with Gasteiger partial charge in [-0.2, -0.15) is 0 Å². The Morgan fingerprint density at radius 2 is 2.00 bits per heavy atom. The molecule has 2 rings (SSSR count). The lowest BCUT2D eigenvalue weighted by molar-refractivity contribution is 0.0526. The molecule has 1 aliphatic rings. The molecule has 110 valence electrons. The third kappa shape index (κ3) is 3.24. The third-order valence-corrected chi connectivity index (χ3v) is 3.75. The van der Waals surface area contributed by atoms with Crippen molar-refractivity contribution in [3.63, 3.8) is 0 Å². The summed E-state index contributed by atoms with van der Waals surface area (Å²) in [6.45, 7) is 8.76. The van der Waals surface area contributed by atoms with Gasteiger partial charge in [-0.1, -0.05) is 13.8 Å². The second-order valence-corrected chi connectivity index (χ2v) is 5.85. The Hall–Kier alpha value is -1.71. The average Bonchev–Trinajstić information content (AvgIpc) is 2.37. The van der Waals surface area contributed by atoms with Crippen LogP contribution in [0.1, 0.15) is 37.6 Å². The molecule has 1 heterocycles. The quantitative estimate of drug-likeness (QED) is 0.681. The minimum absolute atomic E-state index is 0.314. The number of nitrogens with zero attached hydrogens (tertiary/aromatic N) is 1. The zero-order chi connectivity index (χ0) is 14.7. The van der Waals surface area contributed by atoms with Gasteiger partial charge in [-0.15, -0.1) is 0 Å². The van der Waals surface area contributed by atoms with Gasteiger partial charge in [0.25, 0.3) is 0 Å². The first-order valence-corrected chi connectivity index (χ1v) is 7.32. The second-order valence-electron chi connectivity index (χ2n) is 5.85. The first kappa shape index (κ1) is 14.7. The smallest absolute Gasteiger partial charge is 0.338 e. The molecule has 0 unspecified atom stereocenters. The number of ether oxygens (including phenoxy) is 1. The van der Waals surface area contributed by atoms with Crippen LogP contribution in [-0.4, -0.2) is 25.7 Å². The predicted octanol–water partition coefficient (Wildman–Crippen LogP) is 2.93. The average molecular weight is 276 g/mol. The first-order valence-electron chi connectivity index (χ1n) is 7.32. The van der Waals surface area contributed by atoms with Crippen LogP contribution >= 0.6 is 0 Å². The zero-order valence-electron chi connectivity index (χ0n) is 12.6. The number of nitrogen functional groups attached to an aromatic ring is 1. The van der Waals surface area contributed by atoms with E-state index in [1.807, 2.05) is 6.07 Å². The van der Waals surface area contributed by atoms with Gasteiger partial charge in [0.1, 0.15) is 0 Å². The Balaban J connectivity index is 2.19. The van der Waals surface area contributed by atoms with Gasteiger partial charge in [-0.25, -0.2) is 4.79 Å². The van der Waals surface area contributed by atoms with E-state index in [2.05, 4.69) is 18.7 Å². The van der Waals surface area contributed by atoms with Crippen LogP contribution in [0, 0.1) is 11.8 Å². The molecule has 1 aromatic carbocycles. The fraction of sp³-hybridized carbons (Fsp3) is 0.562. The highest BCUT2D eigenvalue weighted by molar-refractivity contribution is 5.92. The SMILES string of the molecule is CCOC(=O)c1ccc(N2C[C@H](C)C[C@@H](C)C2)c(N)c1. The molecule has 1 saturated heterocycles. The maximum Gasteiger partial charge on any atom is 0.338 e. The highest BCUT2D eigenvalue weighted by atomic mass is 16.5. The van der Waals surface area contributed by atoms with Gasteiger partial charge < -0.3 is 15.4 Å². The van der Waals surface area contributed by atoms with E-state index in [4.69, 9.17) is 10.5 Å². The molecule has 0 amide bonds. The van der Waals surface area contributed by atoms with Gasteiger partial charge in [0, 0.05) is 13.1 Å². The van der Waals surface area contributed by atoms with E-state index < -0.39 is 0 Å². The Bertz CT molecular complexity index is 477. The van der Waals surface area contributed by atoms with E-state index in [0.717, 1.165) is 18.8 Å².